The van der Waals surface area contributed by atoms with Crippen molar-refractivity contribution < 1.29 is 15.0 Å². The molecule has 5 nitrogen and oxygen atoms in total. The van der Waals surface area contributed by atoms with Crippen molar-refractivity contribution in [2.24, 2.45) is 5.41 Å². The Morgan fingerprint density at radius 1 is 1.05 bits per heavy atom. The highest BCUT2D eigenvalue weighted by atomic mass is 16.4. The van der Waals surface area contributed by atoms with Crippen LogP contribution in [0.5, 0.6) is 0 Å². The Kier molecular flexibility index (Phi) is 16.2. The van der Waals surface area contributed by atoms with Crippen LogP contribution >= 0.6 is 0 Å². The average Bonchev–Trinajstić information content (AvgIpc) is 2.86. The highest BCUT2D eigenvalue weighted by Crippen LogP contribution is 2.26. The molecular weight excluding hydrogens is 484 g/mol. The van der Waals surface area contributed by atoms with E-state index in [0.717, 1.165) is 75.9 Å². The summed E-state index contributed by atoms with van der Waals surface area (Å²) >= 11 is 0. The minimum atomic E-state index is -0.849. The molecule has 0 spiro atoms. The van der Waals surface area contributed by atoms with Gasteiger partial charge in [-0.2, -0.15) is 0 Å². The number of carboxylic acid groups (broad SMARTS) is 1. The zero-order chi connectivity index (χ0) is 29.3. The van der Waals surface area contributed by atoms with Gasteiger partial charge in [-0.1, -0.05) is 77.3 Å². The third-order valence-corrected chi connectivity index (χ3v) is 6.85. The number of aliphatic hydroxyl groups excluding tert-OH is 1. The van der Waals surface area contributed by atoms with Gasteiger partial charge in [0.2, 0.25) is 0 Å². The van der Waals surface area contributed by atoms with E-state index in [-0.39, 0.29) is 11.8 Å². The largest absolute Gasteiger partial charge is 0.481 e. The van der Waals surface area contributed by atoms with Gasteiger partial charge in [-0.25, -0.2) is 0 Å². The number of carbonyl (C=O) groups is 1. The maximum Gasteiger partial charge on any atom is 0.303 e. The van der Waals surface area contributed by atoms with Gasteiger partial charge in [0.25, 0.3) is 0 Å². The Hall–Kier alpha value is -2.79. The molecule has 0 amide bonds. The monoisotopic (exact) mass is 538 g/mol. The van der Waals surface area contributed by atoms with Crippen molar-refractivity contribution in [3.8, 4) is 0 Å². The van der Waals surface area contributed by atoms with Gasteiger partial charge >= 0.3 is 5.97 Å². The second kappa shape index (κ2) is 18.5. The molecule has 0 fully saturated rings. The van der Waals surface area contributed by atoms with E-state index < -0.39 is 12.1 Å². The van der Waals surface area contributed by atoms with Gasteiger partial charge < -0.3 is 20.4 Å². The minimum absolute atomic E-state index is 0.0251. The molecule has 0 heterocycles. The van der Waals surface area contributed by atoms with Gasteiger partial charge in [-0.05, 0) is 79.5 Å². The number of hydrogen-bond donors (Lipinski definition) is 3. The van der Waals surface area contributed by atoms with Crippen LogP contribution in [0.1, 0.15) is 88.8 Å². The third kappa shape index (κ3) is 16.7. The smallest absolute Gasteiger partial charge is 0.303 e. The number of unbranched alkanes of at least 4 members (excludes halogenated alkanes) is 2. The maximum absolute atomic E-state index is 10.8. The molecule has 0 aromatic heterocycles. The molecule has 1 unspecified atom stereocenters. The number of aliphatic carboxylic acids is 1. The number of benzene rings is 1. The molecule has 0 aliphatic heterocycles. The van der Waals surface area contributed by atoms with Crippen LogP contribution in [0.3, 0.4) is 0 Å². The lowest BCUT2D eigenvalue weighted by atomic mass is 9.84. The summed E-state index contributed by atoms with van der Waals surface area (Å²) in [5.41, 5.74) is 6.37. The van der Waals surface area contributed by atoms with Crippen LogP contribution in [-0.2, 0) is 24.1 Å². The zero-order valence-electron chi connectivity index (χ0n) is 25.1. The Morgan fingerprint density at radius 3 is 2.46 bits per heavy atom. The molecule has 0 aliphatic carbocycles. The topological polar surface area (TPSA) is 72.8 Å². The maximum atomic E-state index is 10.8. The lowest BCUT2D eigenvalue weighted by Crippen LogP contribution is -2.21. The molecule has 0 aliphatic rings. The van der Waals surface area contributed by atoms with Gasteiger partial charge in [-0.15, -0.1) is 0 Å². The van der Waals surface area contributed by atoms with Crippen molar-refractivity contribution in [1.82, 2.24) is 10.2 Å². The SMILES string of the molecule is C=C/C=C\C(=C)N(C)CCC(=C)NCCCCCc1ccc(CC(C)(C)C)c(CCCC(O)CCC(=O)O)c1. The van der Waals surface area contributed by atoms with E-state index in [1.807, 2.05) is 19.2 Å². The quantitative estimate of drug-likeness (QED) is 0.114. The Balaban J connectivity index is 2.46. The van der Waals surface area contributed by atoms with Crippen molar-refractivity contribution in [3.63, 3.8) is 0 Å². The van der Waals surface area contributed by atoms with Crippen molar-refractivity contribution in [3.05, 3.63) is 84.2 Å². The van der Waals surface area contributed by atoms with E-state index in [1.54, 1.807) is 6.08 Å². The van der Waals surface area contributed by atoms with E-state index in [1.165, 1.54) is 16.7 Å². The van der Waals surface area contributed by atoms with Crippen LogP contribution in [0, 0.1) is 5.41 Å². The van der Waals surface area contributed by atoms with E-state index in [4.69, 9.17) is 5.11 Å². The molecule has 0 bridgehead atoms. The molecule has 1 aromatic rings. The summed E-state index contributed by atoms with van der Waals surface area (Å²) in [5.74, 6) is -0.849. The molecule has 39 heavy (non-hydrogen) atoms. The fraction of sp³-hybridized carbons (Fsp3) is 0.559. The van der Waals surface area contributed by atoms with Crippen LogP contribution < -0.4 is 5.32 Å². The lowest BCUT2D eigenvalue weighted by Gasteiger charge is -2.21. The first-order valence-corrected chi connectivity index (χ1v) is 14.5. The van der Waals surface area contributed by atoms with Crippen molar-refractivity contribution >= 4 is 5.97 Å². The first kappa shape index (κ1) is 34.2. The van der Waals surface area contributed by atoms with E-state index in [2.05, 4.69) is 68.9 Å². The Labute approximate surface area is 238 Å². The van der Waals surface area contributed by atoms with Gasteiger partial charge in [0.1, 0.15) is 0 Å². The molecule has 1 rings (SSSR count). The zero-order valence-corrected chi connectivity index (χ0v) is 25.1. The summed E-state index contributed by atoms with van der Waals surface area (Å²) in [4.78, 5) is 12.9. The van der Waals surface area contributed by atoms with Crippen molar-refractivity contribution in [2.75, 3.05) is 20.1 Å². The van der Waals surface area contributed by atoms with Crippen LogP contribution in [0.4, 0.5) is 0 Å². The average molecular weight is 539 g/mol. The summed E-state index contributed by atoms with van der Waals surface area (Å²) < 4.78 is 0. The number of nitrogens with one attached hydrogen (secondary N) is 1. The molecule has 1 aromatic carbocycles. The summed E-state index contributed by atoms with van der Waals surface area (Å²) in [6, 6.07) is 6.93. The molecule has 5 heteroatoms. The predicted molar refractivity (Wildman–Crippen MR) is 166 cm³/mol. The fourth-order valence-corrected chi connectivity index (χ4v) is 4.51. The lowest BCUT2D eigenvalue weighted by molar-refractivity contribution is -0.137. The Bertz CT molecular complexity index is 942. The highest BCUT2D eigenvalue weighted by Gasteiger charge is 2.15. The molecule has 0 radical (unpaired) electrons. The second-order valence-corrected chi connectivity index (χ2v) is 11.9. The van der Waals surface area contributed by atoms with Gasteiger partial charge in [-0.3, -0.25) is 4.79 Å². The molecule has 0 saturated carbocycles. The number of likely N-dealkylation sites (N-methyl/N-ethyl adjacent to an activating group) is 1. The number of rotatable bonds is 21. The summed E-state index contributed by atoms with van der Waals surface area (Å²) in [5, 5.41) is 22.4. The summed E-state index contributed by atoms with van der Waals surface area (Å²) in [6.45, 7) is 20.5. The number of hydrogen-bond acceptors (Lipinski definition) is 4. The van der Waals surface area contributed by atoms with Crippen molar-refractivity contribution in [2.45, 2.75) is 97.5 Å². The fourth-order valence-electron chi connectivity index (χ4n) is 4.51. The summed E-state index contributed by atoms with van der Waals surface area (Å²) in [6.07, 6.45) is 14.3. The van der Waals surface area contributed by atoms with Gasteiger partial charge in [0, 0.05) is 44.4 Å². The first-order valence-electron chi connectivity index (χ1n) is 14.5. The normalized spacial score (nSPS) is 12.3. The van der Waals surface area contributed by atoms with Crippen LogP contribution in [0.2, 0.25) is 0 Å². The Morgan fingerprint density at radius 2 is 1.79 bits per heavy atom. The number of aliphatic hydroxyl groups is 1. The van der Waals surface area contributed by atoms with Crippen molar-refractivity contribution in [1.29, 1.82) is 0 Å². The van der Waals surface area contributed by atoms with E-state index >= 15 is 0 Å². The van der Waals surface area contributed by atoms with Crippen LogP contribution in [0.15, 0.2) is 67.6 Å². The molecule has 0 saturated heterocycles. The number of carboxylic acids is 1. The molecule has 3 N–H and O–H groups in total. The van der Waals surface area contributed by atoms with Gasteiger partial charge in [0.05, 0.1) is 6.10 Å². The van der Waals surface area contributed by atoms with E-state index in [0.29, 0.717) is 12.8 Å². The number of nitrogens with zero attached hydrogens (tertiary/aromatic N) is 1. The molecular formula is C34H54N2O3. The number of aryl methyl sites for hydroxylation is 2. The van der Waals surface area contributed by atoms with Gasteiger partial charge in [0.15, 0.2) is 0 Å². The molecule has 1 atom stereocenters. The van der Waals surface area contributed by atoms with Crippen LogP contribution in [0.25, 0.3) is 0 Å². The minimum Gasteiger partial charge on any atom is -0.481 e. The molecule has 218 valence electrons. The van der Waals surface area contributed by atoms with E-state index in [9.17, 15) is 9.90 Å². The first-order chi connectivity index (χ1) is 18.4. The number of allylic oxidation sites excluding steroid dienone is 3. The standard InChI is InChI=1S/C34H54N2O3/c1-8-9-14-28(3)36(7)24-22-27(2)35-23-12-10-11-15-29-18-19-31(26-34(4,5)6)30(25-29)16-13-17-32(37)20-21-33(38)39/h8-9,14,18-19,25,32,35,37H,1-3,10-13,15-17,20-24,26H2,4-7H3,(H,38,39)/b14-9-. The third-order valence-electron chi connectivity index (χ3n) is 6.85. The highest BCUT2D eigenvalue weighted by molar-refractivity contribution is 5.66. The predicted octanol–water partition coefficient (Wildman–Crippen LogP) is 7.22. The van der Waals surface area contributed by atoms with Crippen LogP contribution in [-0.4, -0.2) is 47.3 Å². The summed E-state index contributed by atoms with van der Waals surface area (Å²) in [7, 11) is 2.04. The second-order valence-electron chi connectivity index (χ2n) is 11.9.